The van der Waals surface area contributed by atoms with Crippen LogP contribution in [0.4, 0.5) is 0 Å². The van der Waals surface area contributed by atoms with Crippen LogP contribution in [0.15, 0.2) is 78.6 Å². The number of amides is 1. The molecule has 162 valence electrons. The summed E-state index contributed by atoms with van der Waals surface area (Å²) in [5.74, 6) is -1.25. The second-order valence-corrected chi connectivity index (χ2v) is 8.55. The minimum absolute atomic E-state index is 0.0589. The monoisotopic (exact) mass is 446 g/mol. The van der Waals surface area contributed by atoms with Crippen molar-refractivity contribution < 1.29 is 14.7 Å². The molecule has 3 aromatic rings. The third-order valence-corrected chi connectivity index (χ3v) is 5.89. The first-order chi connectivity index (χ1) is 15.4. The number of rotatable bonds is 5. The molecule has 0 radical (unpaired) electrons. The molecule has 1 aliphatic heterocycles. The molecule has 1 atom stereocenters. The van der Waals surface area contributed by atoms with E-state index in [1.54, 1.807) is 48.8 Å². The first-order valence-corrected chi connectivity index (χ1v) is 10.8. The molecule has 1 amide bonds. The number of Topliss-reactive ketones (excluding diaryl/α,β-unsaturated/α-hetero) is 1. The van der Waals surface area contributed by atoms with Crippen LogP contribution in [0.25, 0.3) is 5.76 Å². The van der Waals surface area contributed by atoms with Crippen LogP contribution < -0.4 is 0 Å². The van der Waals surface area contributed by atoms with E-state index in [2.05, 4.69) is 18.8 Å². The number of hydrogen-bond donors (Lipinski definition) is 1. The molecule has 1 fully saturated rings. The molecule has 4 rings (SSSR count). The van der Waals surface area contributed by atoms with Crippen molar-refractivity contribution in [3.63, 3.8) is 0 Å². The second-order valence-electron chi connectivity index (χ2n) is 8.11. The van der Waals surface area contributed by atoms with E-state index in [1.807, 2.05) is 24.3 Å². The fourth-order valence-corrected chi connectivity index (χ4v) is 4.12. The van der Waals surface area contributed by atoms with Gasteiger partial charge >= 0.3 is 0 Å². The van der Waals surface area contributed by atoms with Crippen molar-refractivity contribution in [2.45, 2.75) is 32.4 Å². The van der Waals surface area contributed by atoms with Crippen molar-refractivity contribution in [1.82, 2.24) is 9.88 Å². The minimum Gasteiger partial charge on any atom is -0.507 e. The molecule has 32 heavy (non-hydrogen) atoms. The molecule has 1 unspecified atom stereocenters. The summed E-state index contributed by atoms with van der Waals surface area (Å²) in [6, 6.07) is 17.3. The summed E-state index contributed by atoms with van der Waals surface area (Å²) < 4.78 is 0. The van der Waals surface area contributed by atoms with E-state index in [0.29, 0.717) is 16.5 Å². The number of carbonyl (C=O) groups is 2. The number of aliphatic hydroxyl groups is 1. The van der Waals surface area contributed by atoms with Crippen LogP contribution in [0.3, 0.4) is 0 Å². The number of carbonyl (C=O) groups excluding carboxylic acids is 2. The van der Waals surface area contributed by atoms with Crippen molar-refractivity contribution in [3.05, 3.63) is 106 Å². The number of ketones is 1. The first kappa shape index (κ1) is 21.8. The van der Waals surface area contributed by atoms with Crippen LogP contribution in [0.1, 0.15) is 48.1 Å². The number of pyridine rings is 1. The second kappa shape index (κ2) is 8.97. The Hall–Kier alpha value is -3.44. The van der Waals surface area contributed by atoms with Crippen molar-refractivity contribution in [1.29, 1.82) is 0 Å². The van der Waals surface area contributed by atoms with Crippen molar-refractivity contribution >= 4 is 29.1 Å². The zero-order valence-electron chi connectivity index (χ0n) is 17.8. The molecule has 2 aromatic carbocycles. The predicted molar refractivity (Wildman–Crippen MR) is 124 cm³/mol. The lowest BCUT2D eigenvalue weighted by molar-refractivity contribution is -0.140. The lowest BCUT2D eigenvalue weighted by atomic mass is 9.93. The number of hydrogen-bond acceptors (Lipinski definition) is 4. The third kappa shape index (κ3) is 4.16. The van der Waals surface area contributed by atoms with Crippen LogP contribution in [-0.2, 0) is 16.1 Å². The highest BCUT2D eigenvalue weighted by Gasteiger charge is 2.46. The Morgan fingerprint density at radius 2 is 1.75 bits per heavy atom. The van der Waals surface area contributed by atoms with Gasteiger partial charge in [0.2, 0.25) is 0 Å². The number of benzene rings is 2. The van der Waals surface area contributed by atoms with Crippen molar-refractivity contribution in [2.24, 2.45) is 0 Å². The topological polar surface area (TPSA) is 70.5 Å². The summed E-state index contributed by atoms with van der Waals surface area (Å²) in [4.78, 5) is 31.7. The first-order valence-electron chi connectivity index (χ1n) is 10.4. The molecule has 0 aliphatic carbocycles. The highest BCUT2D eigenvalue weighted by atomic mass is 35.5. The molecule has 2 heterocycles. The Balaban J connectivity index is 1.86. The van der Waals surface area contributed by atoms with Gasteiger partial charge in [0, 0.05) is 29.5 Å². The minimum atomic E-state index is -0.719. The molecule has 5 nitrogen and oxygen atoms in total. The van der Waals surface area contributed by atoms with E-state index in [0.717, 1.165) is 16.7 Å². The molecule has 6 heteroatoms. The molecule has 1 N–H and O–H groups in total. The van der Waals surface area contributed by atoms with E-state index in [9.17, 15) is 14.7 Å². The largest absolute Gasteiger partial charge is 0.507 e. The third-order valence-electron chi connectivity index (χ3n) is 5.66. The molecule has 0 bridgehead atoms. The summed E-state index contributed by atoms with van der Waals surface area (Å²) >= 11 is 6.10. The molecule has 1 aromatic heterocycles. The maximum absolute atomic E-state index is 13.1. The molecular formula is C26H23ClN2O3. The van der Waals surface area contributed by atoms with E-state index in [4.69, 9.17) is 11.6 Å². The summed E-state index contributed by atoms with van der Waals surface area (Å²) in [5.41, 5.74) is 3.20. The maximum atomic E-state index is 13.1. The fourth-order valence-electron chi connectivity index (χ4n) is 3.93. The summed E-state index contributed by atoms with van der Waals surface area (Å²) in [6.07, 6.45) is 3.29. The Morgan fingerprint density at radius 3 is 2.38 bits per heavy atom. The van der Waals surface area contributed by atoms with Gasteiger partial charge in [0.05, 0.1) is 11.6 Å². The number of aromatic nitrogens is 1. The van der Waals surface area contributed by atoms with Gasteiger partial charge in [-0.2, -0.15) is 0 Å². The van der Waals surface area contributed by atoms with Crippen LogP contribution in [-0.4, -0.2) is 26.7 Å². The predicted octanol–water partition coefficient (Wildman–Crippen LogP) is 5.48. The average molecular weight is 447 g/mol. The summed E-state index contributed by atoms with van der Waals surface area (Å²) in [6.45, 7) is 4.42. The molecule has 1 aliphatic rings. The quantitative estimate of drug-likeness (QED) is 0.320. The highest BCUT2D eigenvalue weighted by molar-refractivity contribution is 6.46. The van der Waals surface area contributed by atoms with E-state index in [1.165, 1.54) is 4.90 Å². The normalized spacial score (nSPS) is 17.9. The van der Waals surface area contributed by atoms with E-state index < -0.39 is 17.7 Å². The van der Waals surface area contributed by atoms with Gasteiger partial charge in [-0.1, -0.05) is 61.8 Å². The Bertz CT molecular complexity index is 1190. The Kier molecular flexibility index (Phi) is 6.10. The lowest BCUT2D eigenvalue weighted by Gasteiger charge is -2.25. The number of nitrogens with zero attached hydrogens (tertiary/aromatic N) is 2. The standard InChI is InChI=1S/C26H23ClN2O3/c1-16(2)18-6-8-19(9-7-18)23-22(24(30)20-4-3-5-21(27)14-20)25(31)26(32)29(23)15-17-10-12-28-13-11-17/h3-14,16,23,30H,15H2,1-2H3/b24-22-. The Labute approximate surface area is 192 Å². The van der Waals surface area contributed by atoms with Gasteiger partial charge in [-0.15, -0.1) is 0 Å². The van der Waals surface area contributed by atoms with Crippen molar-refractivity contribution in [2.75, 3.05) is 0 Å². The molecule has 0 spiro atoms. The zero-order chi connectivity index (χ0) is 22.8. The SMILES string of the molecule is CC(C)c1ccc(C2/C(=C(/O)c3cccc(Cl)c3)C(=O)C(=O)N2Cc2ccncc2)cc1. The summed E-state index contributed by atoms with van der Waals surface area (Å²) in [5, 5.41) is 11.5. The maximum Gasteiger partial charge on any atom is 0.295 e. The van der Waals surface area contributed by atoms with Crippen LogP contribution in [0.2, 0.25) is 5.02 Å². The number of likely N-dealkylation sites (tertiary alicyclic amines) is 1. The summed E-state index contributed by atoms with van der Waals surface area (Å²) in [7, 11) is 0. The molecule has 0 saturated carbocycles. The molecular weight excluding hydrogens is 424 g/mol. The van der Waals surface area contributed by atoms with Gasteiger partial charge in [0.1, 0.15) is 5.76 Å². The van der Waals surface area contributed by atoms with Gasteiger partial charge in [-0.05, 0) is 46.9 Å². The van der Waals surface area contributed by atoms with Gasteiger partial charge < -0.3 is 10.0 Å². The van der Waals surface area contributed by atoms with E-state index >= 15 is 0 Å². The number of aliphatic hydroxyl groups excluding tert-OH is 1. The highest BCUT2D eigenvalue weighted by Crippen LogP contribution is 2.40. The van der Waals surface area contributed by atoms with Crippen LogP contribution in [0, 0.1) is 0 Å². The Morgan fingerprint density at radius 1 is 1.06 bits per heavy atom. The smallest absolute Gasteiger partial charge is 0.295 e. The van der Waals surface area contributed by atoms with Crippen molar-refractivity contribution in [3.8, 4) is 0 Å². The molecule has 1 saturated heterocycles. The fraction of sp³-hybridized carbons (Fsp3) is 0.192. The van der Waals surface area contributed by atoms with Crippen LogP contribution in [0.5, 0.6) is 0 Å². The van der Waals surface area contributed by atoms with Crippen LogP contribution >= 0.6 is 11.6 Å². The van der Waals surface area contributed by atoms with Gasteiger partial charge in [-0.25, -0.2) is 0 Å². The van der Waals surface area contributed by atoms with E-state index in [-0.39, 0.29) is 17.9 Å². The van der Waals surface area contributed by atoms with Gasteiger partial charge in [0.25, 0.3) is 11.7 Å². The lowest BCUT2D eigenvalue weighted by Crippen LogP contribution is -2.29. The van der Waals surface area contributed by atoms with Gasteiger partial charge in [-0.3, -0.25) is 14.6 Å². The van der Waals surface area contributed by atoms with Gasteiger partial charge in [0.15, 0.2) is 0 Å². The zero-order valence-corrected chi connectivity index (χ0v) is 18.6. The average Bonchev–Trinajstić information content (AvgIpc) is 3.04. The number of halogens is 1.